The lowest BCUT2D eigenvalue weighted by Crippen LogP contribution is -1.88. The van der Waals surface area contributed by atoms with Crippen molar-refractivity contribution in [2.45, 2.75) is 6.42 Å². The number of rotatable bonds is 2. The molecule has 3 aromatic rings. The maximum atomic E-state index is 13.2. The van der Waals surface area contributed by atoms with Crippen LogP contribution < -0.4 is 0 Å². The SMILES string of the molecule is Fc1ccc2ccc(Cc3[c]ccc[c]3)cc2c1. The zero-order valence-electron chi connectivity index (χ0n) is 9.78. The molecule has 0 unspecified atom stereocenters. The van der Waals surface area contributed by atoms with Crippen LogP contribution in [0.15, 0.2) is 54.6 Å². The predicted molar refractivity (Wildman–Crippen MR) is 70.8 cm³/mol. The van der Waals surface area contributed by atoms with Crippen LogP contribution in [-0.4, -0.2) is 0 Å². The number of hydrogen-bond acceptors (Lipinski definition) is 0. The highest BCUT2D eigenvalue weighted by Crippen LogP contribution is 2.19. The van der Waals surface area contributed by atoms with Crippen molar-refractivity contribution in [3.05, 3.63) is 83.7 Å². The Morgan fingerprint density at radius 2 is 1.67 bits per heavy atom. The third kappa shape index (κ3) is 2.25. The van der Waals surface area contributed by atoms with Crippen LogP contribution in [0.1, 0.15) is 11.1 Å². The highest BCUT2D eigenvalue weighted by Gasteiger charge is 2.00. The minimum atomic E-state index is -0.197. The Bertz CT molecular complexity index is 672. The Morgan fingerprint density at radius 3 is 2.50 bits per heavy atom. The molecule has 2 radical (unpaired) electrons. The molecule has 0 amide bonds. The zero-order valence-corrected chi connectivity index (χ0v) is 9.78. The summed E-state index contributed by atoms with van der Waals surface area (Å²) >= 11 is 0. The smallest absolute Gasteiger partial charge is 0.123 e. The van der Waals surface area contributed by atoms with Crippen molar-refractivity contribution in [2.75, 3.05) is 0 Å². The predicted octanol–water partition coefficient (Wildman–Crippen LogP) is 4.17. The molecule has 0 nitrogen and oxygen atoms in total. The van der Waals surface area contributed by atoms with Crippen molar-refractivity contribution in [3.8, 4) is 0 Å². The number of fused-ring (bicyclic) bond motifs is 1. The monoisotopic (exact) mass is 234 g/mol. The summed E-state index contributed by atoms with van der Waals surface area (Å²) < 4.78 is 13.2. The molecule has 1 heteroatoms. The summed E-state index contributed by atoms with van der Waals surface area (Å²) in [7, 11) is 0. The fourth-order valence-corrected chi connectivity index (χ4v) is 2.07. The van der Waals surface area contributed by atoms with Crippen molar-refractivity contribution < 1.29 is 4.39 Å². The summed E-state index contributed by atoms with van der Waals surface area (Å²) in [6, 6.07) is 22.9. The lowest BCUT2D eigenvalue weighted by atomic mass is 10.0. The van der Waals surface area contributed by atoms with E-state index in [4.69, 9.17) is 0 Å². The van der Waals surface area contributed by atoms with Crippen LogP contribution in [0, 0.1) is 17.9 Å². The summed E-state index contributed by atoms with van der Waals surface area (Å²) in [6.45, 7) is 0. The summed E-state index contributed by atoms with van der Waals surface area (Å²) in [5.74, 6) is -0.197. The molecule has 18 heavy (non-hydrogen) atoms. The quantitative estimate of drug-likeness (QED) is 0.624. The van der Waals surface area contributed by atoms with Crippen molar-refractivity contribution in [1.29, 1.82) is 0 Å². The first-order chi connectivity index (χ1) is 8.81. The minimum Gasteiger partial charge on any atom is -0.207 e. The van der Waals surface area contributed by atoms with E-state index < -0.39 is 0 Å². The van der Waals surface area contributed by atoms with Gasteiger partial charge in [0.15, 0.2) is 0 Å². The molecule has 0 atom stereocenters. The van der Waals surface area contributed by atoms with Gasteiger partial charge in [0.1, 0.15) is 5.82 Å². The van der Waals surface area contributed by atoms with Gasteiger partial charge < -0.3 is 0 Å². The lowest BCUT2D eigenvalue weighted by Gasteiger charge is -2.04. The van der Waals surface area contributed by atoms with E-state index >= 15 is 0 Å². The van der Waals surface area contributed by atoms with E-state index in [1.165, 1.54) is 6.07 Å². The Balaban J connectivity index is 1.98. The molecule has 86 valence electrons. The van der Waals surface area contributed by atoms with Crippen molar-refractivity contribution in [2.24, 2.45) is 0 Å². The first kappa shape index (κ1) is 11.0. The first-order valence-electron chi connectivity index (χ1n) is 5.87. The number of halogens is 1. The van der Waals surface area contributed by atoms with Crippen molar-refractivity contribution in [3.63, 3.8) is 0 Å². The van der Waals surface area contributed by atoms with Gasteiger partial charge in [0.2, 0.25) is 0 Å². The standard InChI is InChI=1S/C17H11F/c18-17-9-8-15-7-6-14(11-16(15)12-17)10-13-4-2-1-3-5-13/h1-3,6-9,11-12H,10H2. The summed E-state index contributed by atoms with van der Waals surface area (Å²) in [5.41, 5.74) is 2.17. The fourth-order valence-electron chi connectivity index (χ4n) is 2.07. The van der Waals surface area contributed by atoms with E-state index in [-0.39, 0.29) is 5.82 Å². The van der Waals surface area contributed by atoms with Crippen molar-refractivity contribution >= 4 is 10.8 Å². The molecule has 0 heterocycles. The maximum Gasteiger partial charge on any atom is 0.123 e. The molecule has 0 saturated carbocycles. The first-order valence-corrected chi connectivity index (χ1v) is 5.87. The Labute approximate surface area is 106 Å². The van der Waals surface area contributed by atoms with E-state index in [0.717, 1.165) is 28.3 Å². The highest BCUT2D eigenvalue weighted by atomic mass is 19.1. The van der Waals surface area contributed by atoms with Crippen LogP contribution in [0.25, 0.3) is 10.8 Å². The topological polar surface area (TPSA) is 0 Å². The van der Waals surface area contributed by atoms with Gasteiger partial charge in [-0.2, -0.15) is 0 Å². The second-order valence-corrected chi connectivity index (χ2v) is 4.30. The van der Waals surface area contributed by atoms with Gasteiger partial charge in [-0.25, -0.2) is 4.39 Å². The van der Waals surface area contributed by atoms with Crippen LogP contribution in [0.2, 0.25) is 0 Å². The molecule has 0 aliphatic heterocycles. The molecular formula is C17H11F. The Kier molecular flexibility index (Phi) is 2.81. The Morgan fingerprint density at radius 1 is 0.889 bits per heavy atom. The molecule has 0 saturated heterocycles. The van der Waals surface area contributed by atoms with E-state index in [1.807, 2.05) is 30.3 Å². The van der Waals surface area contributed by atoms with E-state index in [9.17, 15) is 4.39 Å². The molecule has 3 aromatic carbocycles. The normalized spacial score (nSPS) is 10.7. The summed E-state index contributed by atoms with van der Waals surface area (Å²) in [5, 5.41) is 1.99. The van der Waals surface area contributed by atoms with Gasteiger partial charge >= 0.3 is 0 Å². The van der Waals surface area contributed by atoms with Gasteiger partial charge in [0.05, 0.1) is 0 Å². The maximum absolute atomic E-state index is 13.2. The van der Waals surface area contributed by atoms with Crippen LogP contribution in [0.4, 0.5) is 4.39 Å². The van der Waals surface area contributed by atoms with Crippen LogP contribution >= 0.6 is 0 Å². The molecule has 3 rings (SSSR count). The molecule has 0 bridgehead atoms. The van der Waals surface area contributed by atoms with Gasteiger partial charge in [0.25, 0.3) is 0 Å². The number of hydrogen-bond donors (Lipinski definition) is 0. The largest absolute Gasteiger partial charge is 0.207 e. The highest BCUT2D eigenvalue weighted by molar-refractivity contribution is 5.83. The average Bonchev–Trinajstić information content (AvgIpc) is 2.39. The lowest BCUT2D eigenvalue weighted by molar-refractivity contribution is 0.630. The van der Waals surface area contributed by atoms with Gasteiger partial charge in [-0.3, -0.25) is 0 Å². The second-order valence-electron chi connectivity index (χ2n) is 4.30. The molecular weight excluding hydrogens is 223 g/mol. The fraction of sp³-hybridized carbons (Fsp3) is 0.0588. The molecule has 0 aromatic heterocycles. The van der Waals surface area contributed by atoms with E-state index in [2.05, 4.69) is 18.2 Å². The van der Waals surface area contributed by atoms with Crippen LogP contribution in [0.5, 0.6) is 0 Å². The van der Waals surface area contributed by atoms with Crippen LogP contribution in [-0.2, 0) is 6.42 Å². The third-order valence-electron chi connectivity index (χ3n) is 2.96. The van der Waals surface area contributed by atoms with E-state index in [0.29, 0.717) is 0 Å². The van der Waals surface area contributed by atoms with Crippen molar-refractivity contribution in [1.82, 2.24) is 0 Å². The second kappa shape index (κ2) is 4.61. The molecule has 0 aliphatic carbocycles. The summed E-state index contributed by atoms with van der Waals surface area (Å²) in [6.07, 6.45) is 0.771. The zero-order chi connectivity index (χ0) is 12.4. The molecule has 0 N–H and O–H groups in total. The summed E-state index contributed by atoms with van der Waals surface area (Å²) in [4.78, 5) is 0. The molecule has 0 aliphatic rings. The van der Waals surface area contributed by atoms with Crippen LogP contribution in [0.3, 0.4) is 0 Å². The number of benzene rings is 3. The minimum absolute atomic E-state index is 0.197. The van der Waals surface area contributed by atoms with E-state index in [1.54, 1.807) is 12.1 Å². The van der Waals surface area contributed by atoms with Gasteiger partial charge in [0, 0.05) is 0 Å². The van der Waals surface area contributed by atoms with Gasteiger partial charge in [-0.1, -0.05) is 42.5 Å². The average molecular weight is 234 g/mol. The van der Waals surface area contributed by atoms with Gasteiger partial charge in [-0.05, 0) is 52.6 Å². The Hall–Kier alpha value is -2.15. The third-order valence-corrected chi connectivity index (χ3v) is 2.96. The molecule has 0 spiro atoms. The molecule has 0 fully saturated rings. The van der Waals surface area contributed by atoms with Gasteiger partial charge in [-0.15, -0.1) is 0 Å².